The molecule has 1 unspecified atom stereocenters. The molecule has 0 aliphatic heterocycles. The molecule has 0 aromatic carbocycles. The second-order valence-electron chi connectivity index (χ2n) is 5.12. The summed E-state index contributed by atoms with van der Waals surface area (Å²) in [7, 11) is 0. The van der Waals surface area contributed by atoms with Gasteiger partial charge in [-0.3, -0.25) is 4.79 Å². The van der Waals surface area contributed by atoms with E-state index < -0.39 is 11.0 Å². The molecular formula is C13H22O3. The van der Waals surface area contributed by atoms with E-state index >= 15 is 0 Å². The molecule has 3 heteroatoms. The highest BCUT2D eigenvalue weighted by atomic mass is 16.5. The number of aliphatic hydroxyl groups is 1. The Kier molecular flexibility index (Phi) is 3.79. The highest BCUT2D eigenvalue weighted by Crippen LogP contribution is 2.45. The Labute approximate surface area is 97.5 Å². The molecule has 1 aliphatic carbocycles. The molecule has 0 saturated carbocycles. The third-order valence-electron chi connectivity index (χ3n) is 3.58. The van der Waals surface area contributed by atoms with Crippen molar-refractivity contribution in [3.05, 3.63) is 11.6 Å². The maximum atomic E-state index is 12.1. The maximum Gasteiger partial charge on any atom is 0.315 e. The van der Waals surface area contributed by atoms with Gasteiger partial charge in [0.1, 0.15) is 0 Å². The van der Waals surface area contributed by atoms with Crippen LogP contribution < -0.4 is 0 Å². The van der Waals surface area contributed by atoms with Crippen molar-refractivity contribution in [2.45, 2.75) is 52.6 Å². The molecule has 1 aliphatic rings. The first kappa shape index (κ1) is 13.2. The van der Waals surface area contributed by atoms with E-state index in [9.17, 15) is 9.90 Å². The van der Waals surface area contributed by atoms with E-state index in [4.69, 9.17) is 4.74 Å². The Morgan fingerprint density at radius 1 is 1.62 bits per heavy atom. The Bertz CT molecular complexity index is 299. The Morgan fingerprint density at radius 2 is 2.25 bits per heavy atom. The number of carbonyl (C=O) groups excluding carboxylic acids is 1. The third kappa shape index (κ3) is 2.29. The summed E-state index contributed by atoms with van der Waals surface area (Å²) in [5, 5.41) is 10.2. The van der Waals surface area contributed by atoms with Gasteiger partial charge >= 0.3 is 5.97 Å². The zero-order valence-corrected chi connectivity index (χ0v) is 10.7. The summed E-state index contributed by atoms with van der Waals surface area (Å²) in [6.07, 6.45) is 4.13. The van der Waals surface area contributed by atoms with Gasteiger partial charge in [0.25, 0.3) is 0 Å². The van der Waals surface area contributed by atoms with Crippen molar-refractivity contribution < 1.29 is 14.6 Å². The van der Waals surface area contributed by atoms with Gasteiger partial charge in [0, 0.05) is 0 Å². The average molecular weight is 226 g/mol. The minimum atomic E-state index is -1.05. The normalized spacial score (nSPS) is 26.2. The van der Waals surface area contributed by atoms with Crippen molar-refractivity contribution in [1.82, 2.24) is 0 Å². The van der Waals surface area contributed by atoms with E-state index in [1.54, 1.807) is 20.8 Å². The van der Waals surface area contributed by atoms with Gasteiger partial charge in [0.2, 0.25) is 0 Å². The standard InChI is InChI=1S/C13H22O3/c1-5-16-11(14)13(12(3,4)15)8-6-10(2)7-9-13/h6,15H,5,7-9H2,1-4H3. The molecule has 16 heavy (non-hydrogen) atoms. The number of esters is 1. The van der Waals surface area contributed by atoms with Crippen LogP contribution in [0.4, 0.5) is 0 Å². The Balaban J connectivity index is 3.00. The molecule has 1 rings (SSSR count). The minimum absolute atomic E-state index is 0.272. The first-order valence-electron chi connectivity index (χ1n) is 5.89. The van der Waals surface area contributed by atoms with Crippen molar-refractivity contribution in [2.75, 3.05) is 6.61 Å². The smallest absolute Gasteiger partial charge is 0.315 e. The first-order valence-corrected chi connectivity index (χ1v) is 5.89. The zero-order chi connectivity index (χ0) is 12.4. The van der Waals surface area contributed by atoms with E-state index in [0.29, 0.717) is 19.4 Å². The molecular weight excluding hydrogens is 204 g/mol. The average Bonchev–Trinajstić information content (AvgIpc) is 2.17. The van der Waals surface area contributed by atoms with Crippen LogP contribution in [0.5, 0.6) is 0 Å². The fourth-order valence-corrected chi connectivity index (χ4v) is 2.22. The summed E-state index contributed by atoms with van der Waals surface area (Å²) >= 11 is 0. The molecule has 0 radical (unpaired) electrons. The summed E-state index contributed by atoms with van der Waals surface area (Å²) in [5.41, 5.74) is -0.539. The van der Waals surface area contributed by atoms with Crippen molar-refractivity contribution in [3.8, 4) is 0 Å². The van der Waals surface area contributed by atoms with Crippen LogP contribution in [0.2, 0.25) is 0 Å². The number of carbonyl (C=O) groups is 1. The van der Waals surface area contributed by atoms with Crippen LogP contribution in [0.1, 0.15) is 47.0 Å². The van der Waals surface area contributed by atoms with E-state index in [0.717, 1.165) is 6.42 Å². The molecule has 0 spiro atoms. The predicted molar refractivity (Wildman–Crippen MR) is 63.0 cm³/mol. The zero-order valence-electron chi connectivity index (χ0n) is 10.7. The summed E-state index contributed by atoms with van der Waals surface area (Å²) in [6, 6.07) is 0. The lowest BCUT2D eigenvalue weighted by atomic mass is 9.65. The topological polar surface area (TPSA) is 46.5 Å². The first-order chi connectivity index (χ1) is 7.33. The van der Waals surface area contributed by atoms with Crippen molar-refractivity contribution in [3.63, 3.8) is 0 Å². The maximum absolute atomic E-state index is 12.1. The van der Waals surface area contributed by atoms with Gasteiger partial charge < -0.3 is 9.84 Å². The van der Waals surface area contributed by atoms with Crippen LogP contribution in [-0.2, 0) is 9.53 Å². The lowest BCUT2D eigenvalue weighted by Gasteiger charge is -2.42. The van der Waals surface area contributed by atoms with Crippen LogP contribution in [-0.4, -0.2) is 23.3 Å². The number of rotatable bonds is 3. The van der Waals surface area contributed by atoms with Crippen LogP contribution in [0, 0.1) is 5.41 Å². The predicted octanol–water partition coefficient (Wildman–Crippen LogP) is 2.44. The molecule has 1 atom stereocenters. The molecule has 0 heterocycles. The van der Waals surface area contributed by atoms with E-state index in [2.05, 4.69) is 6.92 Å². The number of hydrogen-bond acceptors (Lipinski definition) is 3. The largest absolute Gasteiger partial charge is 0.465 e. The molecule has 0 saturated heterocycles. The lowest BCUT2D eigenvalue weighted by molar-refractivity contribution is -0.173. The van der Waals surface area contributed by atoms with Gasteiger partial charge in [-0.1, -0.05) is 11.6 Å². The molecule has 0 bridgehead atoms. The summed E-state index contributed by atoms with van der Waals surface area (Å²) in [6.45, 7) is 7.59. The van der Waals surface area contributed by atoms with E-state index in [-0.39, 0.29) is 5.97 Å². The molecule has 0 fully saturated rings. The fraction of sp³-hybridized carbons (Fsp3) is 0.769. The molecule has 0 amide bonds. The Hall–Kier alpha value is -0.830. The molecule has 0 aromatic heterocycles. The monoisotopic (exact) mass is 226 g/mol. The molecule has 0 aromatic rings. The molecule has 92 valence electrons. The summed E-state index contributed by atoms with van der Waals surface area (Å²) in [4.78, 5) is 12.1. The number of hydrogen-bond donors (Lipinski definition) is 1. The van der Waals surface area contributed by atoms with E-state index in [1.165, 1.54) is 5.57 Å². The summed E-state index contributed by atoms with van der Waals surface area (Å²) in [5.74, 6) is -0.272. The minimum Gasteiger partial charge on any atom is -0.465 e. The van der Waals surface area contributed by atoms with Crippen LogP contribution in [0.15, 0.2) is 11.6 Å². The Morgan fingerprint density at radius 3 is 2.62 bits per heavy atom. The van der Waals surface area contributed by atoms with Gasteiger partial charge in [0.15, 0.2) is 0 Å². The lowest BCUT2D eigenvalue weighted by Crippen LogP contribution is -2.51. The molecule has 3 nitrogen and oxygen atoms in total. The van der Waals surface area contributed by atoms with Gasteiger partial charge in [-0.2, -0.15) is 0 Å². The third-order valence-corrected chi connectivity index (χ3v) is 3.58. The van der Waals surface area contributed by atoms with Crippen molar-refractivity contribution in [1.29, 1.82) is 0 Å². The van der Waals surface area contributed by atoms with Gasteiger partial charge in [-0.15, -0.1) is 0 Å². The second kappa shape index (κ2) is 4.58. The fourth-order valence-electron chi connectivity index (χ4n) is 2.22. The second-order valence-corrected chi connectivity index (χ2v) is 5.12. The SMILES string of the molecule is CCOC(=O)C1(C(C)(C)O)CC=C(C)CC1. The number of allylic oxidation sites excluding steroid dienone is 2. The summed E-state index contributed by atoms with van der Waals surface area (Å²) < 4.78 is 5.12. The van der Waals surface area contributed by atoms with Gasteiger partial charge in [-0.05, 0) is 47.0 Å². The quantitative estimate of drug-likeness (QED) is 0.594. The highest BCUT2D eigenvalue weighted by molar-refractivity contribution is 5.79. The van der Waals surface area contributed by atoms with Gasteiger partial charge in [-0.25, -0.2) is 0 Å². The van der Waals surface area contributed by atoms with Crippen LogP contribution in [0.3, 0.4) is 0 Å². The molecule has 1 N–H and O–H groups in total. The van der Waals surface area contributed by atoms with Crippen LogP contribution in [0.25, 0.3) is 0 Å². The van der Waals surface area contributed by atoms with Crippen molar-refractivity contribution >= 4 is 5.97 Å². The highest BCUT2D eigenvalue weighted by Gasteiger charge is 2.51. The van der Waals surface area contributed by atoms with E-state index in [1.807, 2.05) is 6.08 Å². The van der Waals surface area contributed by atoms with Gasteiger partial charge in [0.05, 0.1) is 17.6 Å². The van der Waals surface area contributed by atoms with Crippen LogP contribution >= 0.6 is 0 Å². The number of ether oxygens (including phenoxy) is 1. The van der Waals surface area contributed by atoms with Crippen molar-refractivity contribution in [2.24, 2.45) is 5.41 Å².